The highest BCUT2D eigenvalue weighted by Gasteiger charge is 2.16. The molecule has 0 spiro atoms. The fraction of sp³-hybridized carbons (Fsp3) is 0.125. The van der Waals surface area contributed by atoms with Crippen LogP contribution in [0.1, 0.15) is 21.5 Å². The van der Waals surface area contributed by atoms with Gasteiger partial charge < -0.3 is 5.32 Å². The Morgan fingerprint density at radius 1 is 0.706 bits per heavy atom. The fourth-order valence-electron chi connectivity index (χ4n) is 2.93. The van der Waals surface area contributed by atoms with Crippen LogP contribution in [0.4, 0.5) is 0 Å². The maximum absolute atomic E-state index is 12.6. The first-order valence-electron chi connectivity index (χ1n) is 10.4. The number of carbonyl (C=O) groups excluding carboxylic acids is 3. The van der Waals surface area contributed by atoms with Crippen LogP contribution in [0.5, 0.6) is 0 Å². The summed E-state index contributed by atoms with van der Waals surface area (Å²) in [6.45, 7) is -0.227. The van der Waals surface area contributed by atoms with Crippen molar-refractivity contribution in [2.45, 2.75) is 17.9 Å². The molecule has 3 rings (SSSR count). The Morgan fingerprint density at radius 2 is 1.35 bits per heavy atom. The zero-order valence-electron chi connectivity index (χ0n) is 18.2. The second kappa shape index (κ2) is 11.7. The van der Waals surface area contributed by atoms with E-state index in [2.05, 4.69) is 20.9 Å². The van der Waals surface area contributed by atoms with E-state index < -0.39 is 21.8 Å². The molecule has 0 aliphatic carbocycles. The van der Waals surface area contributed by atoms with Gasteiger partial charge in [0.15, 0.2) is 0 Å². The van der Waals surface area contributed by atoms with Gasteiger partial charge >= 0.3 is 0 Å². The van der Waals surface area contributed by atoms with Gasteiger partial charge in [-0.15, -0.1) is 0 Å². The summed E-state index contributed by atoms with van der Waals surface area (Å²) < 4.78 is 27.6. The number of hydrogen-bond donors (Lipinski definition) is 4. The third-order valence-electron chi connectivity index (χ3n) is 4.68. The SMILES string of the molecule is O=C(Cc1ccccc1)NCC(=O)NNC(=O)c1cccc(S(=O)(=O)NCc2ccccc2)c1. The van der Waals surface area contributed by atoms with Crippen LogP contribution in [0.2, 0.25) is 0 Å². The lowest BCUT2D eigenvalue weighted by molar-refractivity contribution is -0.126. The second-order valence-electron chi connectivity index (χ2n) is 7.28. The summed E-state index contributed by atoms with van der Waals surface area (Å²) in [5, 5.41) is 2.46. The van der Waals surface area contributed by atoms with E-state index >= 15 is 0 Å². The summed E-state index contributed by atoms with van der Waals surface area (Å²) in [5.41, 5.74) is 6.03. The first-order valence-corrected chi connectivity index (χ1v) is 11.9. The zero-order valence-corrected chi connectivity index (χ0v) is 19.0. The summed E-state index contributed by atoms with van der Waals surface area (Å²) in [6.07, 6.45) is 0.125. The number of nitrogens with one attached hydrogen (secondary N) is 4. The highest BCUT2D eigenvalue weighted by molar-refractivity contribution is 7.89. The monoisotopic (exact) mass is 480 g/mol. The molecule has 176 valence electrons. The Balaban J connectivity index is 1.48. The minimum Gasteiger partial charge on any atom is -0.347 e. The van der Waals surface area contributed by atoms with Gasteiger partial charge in [0.1, 0.15) is 0 Å². The van der Waals surface area contributed by atoms with Crippen molar-refractivity contribution < 1.29 is 22.8 Å². The molecule has 0 aromatic heterocycles. The molecular formula is C24H24N4O5S. The number of sulfonamides is 1. The van der Waals surface area contributed by atoms with Crippen LogP contribution in [0, 0.1) is 0 Å². The van der Waals surface area contributed by atoms with E-state index in [1.165, 1.54) is 24.3 Å². The van der Waals surface area contributed by atoms with Gasteiger partial charge in [-0.2, -0.15) is 0 Å². The molecule has 0 aliphatic heterocycles. The number of hydrazine groups is 1. The van der Waals surface area contributed by atoms with E-state index in [0.29, 0.717) is 0 Å². The van der Waals surface area contributed by atoms with Crippen molar-refractivity contribution in [3.05, 3.63) is 102 Å². The molecule has 34 heavy (non-hydrogen) atoms. The topological polar surface area (TPSA) is 133 Å². The Morgan fingerprint density at radius 3 is 2.03 bits per heavy atom. The van der Waals surface area contributed by atoms with Crippen LogP contribution in [-0.2, 0) is 32.6 Å². The number of hydrogen-bond acceptors (Lipinski definition) is 5. The average Bonchev–Trinajstić information content (AvgIpc) is 2.86. The number of benzene rings is 3. The van der Waals surface area contributed by atoms with Gasteiger partial charge in [-0.25, -0.2) is 13.1 Å². The molecule has 0 radical (unpaired) electrons. The molecule has 0 fully saturated rings. The summed E-state index contributed by atoms with van der Waals surface area (Å²) >= 11 is 0. The normalized spacial score (nSPS) is 10.8. The molecule has 0 unspecified atom stereocenters. The fourth-order valence-corrected chi connectivity index (χ4v) is 3.99. The Hall–Kier alpha value is -4.02. The summed E-state index contributed by atoms with van der Waals surface area (Å²) in [7, 11) is -3.85. The smallest absolute Gasteiger partial charge is 0.269 e. The van der Waals surface area contributed by atoms with Gasteiger partial charge in [0.05, 0.1) is 17.9 Å². The molecule has 3 aromatic rings. The molecule has 0 saturated carbocycles. The largest absolute Gasteiger partial charge is 0.347 e. The van der Waals surface area contributed by atoms with Crippen LogP contribution < -0.4 is 20.9 Å². The Bertz CT molecular complexity index is 1250. The molecule has 0 saturated heterocycles. The molecule has 9 nitrogen and oxygen atoms in total. The highest BCUT2D eigenvalue weighted by Crippen LogP contribution is 2.12. The second-order valence-corrected chi connectivity index (χ2v) is 9.05. The van der Waals surface area contributed by atoms with Crippen molar-refractivity contribution in [2.75, 3.05) is 6.54 Å². The number of carbonyl (C=O) groups is 3. The van der Waals surface area contributed by atoms with Crippen molar-refractivity contribution in [1.29, 1.82) is 0 Å². The summed E-state index contributed by atoms with van der Waals surface area (Å²) in [6, 6.07) is 23.5. The van der Waals surface area contributed by atoms with E-state index in [9.17, 15) is 22.8 Å². The van der Waals surface area contributed by atoms with Crippen LogP contribution in [-0.4, -0.2) is 32.7 Å². The predicted octanol–water partition coefficient (Wildman–Crippen LogP) is 1.29. The van der Waals surface area contributed by atoms with E-state index in [0.717, 1.165) is 11.1 Å². The molecule has 0 bridgehead atoms. The number of amides is 3. The Kier molecular flexibility index (Phi) is 8.49. The average molecular weight is 481 g/mol. The quantitative estimate of drug-likeness (QED) is 0.343. The third-order valence-corrected chi connectivity index (χ3v) is 6.08. The van der Waals surface area contributed by atoms with Crippen LogP contribution in [0.25, 0.3) is 0 Å². The van der Waals surface area contributed by atoms with Gasteiger partial charge in [-0.1, -0.05) is 66.7 Å². The molecule has 0 aliphatic rings. The first-order chi connectivity index (χ1) is 16.3. The Labute approximate surface area is 197 Å². The predicted molar refractivity (Wildman–Crippen MR) is 126 cm³/mol. The van der Waals surface area contributed by atoms with Crippen LogP contribution in [0.15, 0.2) is 89.8 Å². The van der Waals surface area contributed by atoms with Gasteiger partial charge in [0.25, 0.3) is 11.8 Å². The molecular weight excluding hydrogens is 456 g/mol. The minimum atomic E-state index is -3.85. The standard InChI is InChI=1S/C24H24N4O5S/c29-22(14-18-8-3-1-4-9-18)25-17-23(30)27-28-24(31)20-12-7-13-21(15-20)34(32,33)26-16-19-10-5-2-6-11-19/h1-13,15,26H,14,16-17H2,(H,25,29)(H,27,30)(H,28,31). The van der Waals surface area contributed by atoms with Gasteiger partial charge in [0, 0.05) is 12.1 Å². The summed E-state index contributed by atoms with van der Waals surface area (Å²) in [4.78, 5) is 36.1. The zero-order chi connectivity index (χ0) is 24.4. The van der Waals surface area contributed by atoms with Crippen LogP contribution >= 0.6 is 0 Å². The van der Waals surface area contributed by atoms with E-state index in [-0.39, 0.29) is 35.9 Å². The van der Waals surface area contributed by atoms with Gasteiger partial charge in [-0.05, 0) is 29.3 Å². The molecule has 0 atom stereocenters. The van der Waals surface area contributed by atoms with Crippen molar-refractivity contribution in [3.63, 3.8) is 0 Å². The van der Waals surface area contributed by atoms with Crippen molar-refractivity contribution in [2.24, 2.45) is 0 Å². The molecule has 0 heterocycles. The van der Waals surface area contributed by atoms with Crippen molar-refractivity contribution >= 4 is 27.7 Å². The van der Waals surface area contributed by atoms with E-state index in [1.54, 1.807) is 36.4 Å². The highest BCUT2D eigenvalue weighted by atomic mass is 32.2. The van der Waals surface area contributed by atoms with Crippen molar-refractivity contribution in [1.82, 2.24) is 20.9 Å². The molecule has 10 heteroatoms. The maximum Gasteiger partial charge on any atom is 0.269 e. The maximum atomic E-state index is 12.6. The molecule has 3 amide bonds. The lowest BCUT2D eigenvalue weighted by Crippen LogP contribution is -2.46. The number of rotatable bonds is 9. The van der Waals surface area contributed by atoms with Gasteiger partial charge in [0.2, 0.25) is 15.9 Å². The third kappa shape index (κ3) is 7.54. The lowest BCUT2D eigenvalue weighted by atomic mass is 10.1. The minimum absolute atomic E-state index is 0.0380. The molecule has 4 N–H and O–H groups in total. The summed E-state index contributed by atoms with van der Waals surface area (Å²) in [5.74, 6) is -1.68. The van der Waals surface area contributed by atoms with E-state index in [4.69, 9.17) is 0 Å². The van der Waals surface area contributed by atoms with E-state index in [1.807, 2.05) is 24.3 Å². The van der Waals surface area contributed by atoms with Crippen molar-refractivity contribution in [3.8, 4) is 0 Å². The van der Waals surface area contributed by atoms with Crippen LogP contribution in [0.3, 0.4) is 0 Å². The molecule has 3 aromatic carbocycles. The van der Waals surface area contributed by atoms with Gasteiger partial charge in [-0.3, -0.25) is 25.2 Å². The first kappa shape index (κ1) is 24.6. The lowest BCUT2D eigenvalue weighted by Gasteiger charge is -2.10.